The van der Waals surface area contributed by atoms with Crippen molar-refractivity contribution in [3.05, 3.63) is 42.7 Å². The van der Waals surface area contributed by atoms with Crippen LogP contribution in [-0.2, 0) is 10.3 Å². The van der Waals surface area contributed by atoms with Gasteiger partial charge in [0.2, 0.25) is 5.91 Å². The summed E-state index contributed by atoms with van der Waals surface area (Å²) in [6.07, 6.45) is 8.63. The topological polar surface area (TPSA) is 95.1 Å². The van der Waals surface area contributed by atoms with Gasteiger partial charge in [-0.15, -0.1) is 10.2 Å². The number of aromatic nitrogens is 4. The molecule has 4 saturated carbocycles. The summed E-state index contributed by atoms with van der Waals surface area (Å²) in [7, 11) is 1.63. The van der Waals surface area contributed by atoms with Crippen LogP contribution in [-0.4, -0.2) is 33.2 Å². The van der Waals surface area contributed by atoms with Gasteiger partial charge in [0.25, 0.3) is 0 Å². The fraction of sp³-hybridized carbons (Fsp3) is 0.462. The Kier molecular flexibility index (Phi) is 4.14. The van der Waals surface area contributed by atoms with Gasteiger partial charge < -0.3 is 14.5 Å². The molecule has 8 nitrogen and oxygen atoms in total. The molecule has 0 aliphatic heterocycles. The van der Waals surface area contributed by atoms with Gasteiger partial charge in [-0.1, -0.05) is 18.2 Å². The molecule has 2 aromatic carbocycles. The summed E-state index contributed by atoms with van der Waals surface area (Å²) in [6.45, 7) is 0. The van der Waals surface area contributed by atoms with Crippen molar-refractivity contribution in [1.29, 1.82) is 0 Å². The number of benzene rings is 2. The number of carbonyl (C=O) groups excluding carboxylic acids is 1. The predicted molar refractivity (Wildman–Crippen MR) is 126 cm³/mol. The number of para-hydroxylation sites is 1. The standard InChI is InChI=1S/C26H27N5O3/c1-33-23-7-19-18-4-2-3-5-21(18)34-22(19)8-20(23)29-24(32)13-25-9-16-6-17(10-25)12-26(11-16,14-25)31-28-15-27-30-31/h2-5,7-8,15-17H,6,9-14H2,1H3,(H,29,32)/t16-,17-,25?,26?/m1/s1. The van der Waals surface area contributed by atoms with Crippen molar-refractivity contribution >= 4 is 33.5 Å². The maximum Gasteiger partial charge on any atom is 0.225 e. The van der Waals surface area contributed by atoms with Crippen LogP contribution in [0.15, 0.2) is 47.1 Å². The predicted octanol–water partition coefficient (Wildman–Crippen LogP) is 4.91. The van der Waals surface area contributed by atoms with Gasteiger partial charge in [-0.2, -0.15) is 4.80 Å². The molecule has 2 atom stereocenters. The lowest BCUT2D eigenvalue weighted by atomic mass is 9.46. The number of rotatable bonds is 5. The lowest BCUT2D eigenvalue weighted by Gasteiger charge is -2.61. The number of methoxy groups -OCH3 is 1. The summed E-state index contributed by atoms with van der Waals surface area (Å²) >= 11 is 0. The number of ether oxygens (including phenoxy) is 1. The fourth-order valence-corrected chi connectivity index (χ4v) is 7.78. The number of anilines is 1. The molecule has 174 valence electrons. The summed E-state index contributed by atoms with van der Waals surface area (Å²) in [5.41, 5.74) is 2.10. The van der Waals surface area contributed by atoms with E-state index < -0.39 is 0 Å². The quantitative estimate of drug-likeness (QED) is 0.458. The molecule has 1 amide bonds. The van der Waals surface area contributed by atoms with Gasteiger partial charge in [-0.05, 0) is 73.1 Å². The van der Waals surface area contributed by atoms with Crippen LogP contribution < -0.4 is 10.1 Å². The van der Waals surface area contributed by atoms with E-state index in [-0.39, 0.29) is 16.9 Å². The second-order valence-electron chi connectivity index (χ2n) is 10.8. The molecule has 0 saturated heterocycles. The molecular weight excluding hydrogens is 430 g/mol. The van der Waals surface area contributed by atoms with Gasteiger partial charge in [0.05, 0.1) is 18.3 Å². The van der Waals surface area contributed by atoms with E-state index >= 15 is 0 Å². The van der Waals surface area contributed by atoms with Crippen LogP contribution in [0.4, 0.5) is 5.69 Å². The molecule has 2 heterocycles. The molecule has 8 rings (SSSR count). The Morgan fingerprint density at radius 1 is 1.15 bits per heavy atom. The summed E-state index contributed by atoms with van der Waals surface area (Å²) in [4.78, 5) is 15.3. The van der Waals surface area contributed by atoms with E-state index in [4.69, 9.17) is 9.15 Å². The van der Waals surface area contributed by atoms with E-state index in [1.165, 1.54) is 12.7 Å². The molecule has 8 heteroatoms. The van der Waals surface area contributed by atoms with Gasteiger partial charge in [0.15, 0.2) is 6.33 Å². The number of amides is 1. The van der Waals surface area contributed by atoms with Gasteiger partial charge in [0.1, 0.15) is 16.9 Å². The van der Waals surface area contributed by atoms with Crippen LogP contribution in [0.25, 0.3) is 21.9 Å². The maximum absolute atomic E-state index is 13.4. The molecule has 34 heavy (non-hydrogen) atoms. The molecule has 4 aliphatic carbocycles. The van der Waals surface area contributed by atoms with Gasteiger partial charge >= 0.3 is 0 Å². The Labute approximate surface area is 196 Å². The van der Waals surface area contributed by atoms with Crippen molar-refractivity contribution in [3.63, 3.8) is 0 Å². The number of tetrazole rings is 1. The van der Waals surface area contributed by atoms with E-state index in [9.17, 15) is 4.79 Å². The second-order valence-corrected chi connectivity index (χ2v) is 10.8. The lowest BCUT2D eigenvalue weighted by Crippen LogP contribution is -2.57. The summed E-state index contributed by atoms with van der Waals surface area (Å²) in [5, 5.41) is 17.8. The van der Waals surface area contributed by atoms with E-state index in [0.717, 1.165) is 54.0 Å². The Morgan fingerprint density at radius 3 is 2.74 bits per heavy atom. The minimum atomic E-state index is -0.0915. The number of carbonyl (C=O) groups is 1. The van der Waals surface area contributed by atoms with Crippen LogP contribution in [0.5, 0.6) is 5.75 Å². The first kappa shape index (κ1) is 20.0. The molecule has 0 radical (unpaired) electrons. The number of hydrogen-bond donors (Lipinski definition) is 1. The third-order valence-corrected chi connectivity index (χ3v) is 8.43. The lowest BCUT2D eigenvalue weighted by molar-refractivity contribution is -0.135. The number of furan rings is 1. The average molecular weight is 458 g/mol. The van der Waals surface area contributed by atoms with E-state index in [0.29, 0.717) is 29.7 Å². The normalized spacial score (nSPS) is 29.7. The maximum atomic E-state index is 13.4. The second kappa shape index (κ2) is 7.04. The monoisotopic (exact) mass is 457 g/mol. The van der Waals surface area contributed by atoms with E-state index in [1.807, 2.05) is 41.2 Å². The van der Waals surface area contributed by atoms with Crippen LogP contribution in [0.3, 0.4) is 0 Å². The highest BCUT2D eigenvalue weighted by atomic mass is 16.5. The molecular formula is C26H27N5O3. The third-order valence-electron chi connectivity index (χ3n) is 8.43. The largest absolute Gasteiger partial charge is 0.495 e. The van der Waals surface area contributed by atoms with Gasteiger partial charge in [-0.25, -0.2) is 0 Å². The average Bonchev–Trinajstić information content (AvgIpc) is 3.46. The minimum absolute atomic E-state index is 0.0154. The van der Waals surface area contributed by atoms with Crippen molar-refractivity contribution in [2.45, 2.75) is 50.5 Å². The molecule has 2 aromatic heterocycles. The van der Waals surface area contributed by atoms with Crippen LogP contribution in [0, 0.1) is 17.3 Å². The fourth-order valence-electron chi connectivity index (χ4n) is 7.78. The Hall–Kier alpha value is -3.42. The zero-order valence-electron chi connectivity index (χ0n) is 19.2. The van der Waals surface area contributed by atoms with Gasteiger partial charge in [-0.3, -0.25) is 4.79 Å². The summed E-state index contributed by atoms with van der Waals surface area (Å²) in [5.74, 6) is 1.92. The van der Waals surface area contributed by atoms with Crippen molar-refractivity contribution in [3.8, 4) is 5.75 Å². The first-order valence-electron chi connectivity index (χ1n) is 12.1. The van der Waals surface area contributed by atoms with Crippen LogP contribution in [0.2, 0.25) is 0 Å². The molecule has 4 aliphatic rings. The number of nitrogens with one attached hydrogen (secondary N) is 1. The first-order valence-corrected chi connectivity index (χ1v) is 12.1. The SMILES string of the molecule is COc1cc2c(cc1NC(=O)CC13C[C@H]4C[C@H](C1)CC(n1ncnn1)(C4)C3)oc1ccccc12. The Bertz CT molecular complexity index is 1390. The summed E-state index contributed by atoms with van der Waals surface area (Å²) in [6, 6.07) is 11.8. The minimum Gasteiger partial charge on any atom is -0.495 e. The molecule has 4 aromatic rings. The number of nitrogens with zero attached hydrogens (tertiary/aromatic N) is 4. The highest BCUT2D eigenvalue weighted by Crippen LogP contribution is 2.65. The highest BCUT2D eigenvalue weighted by Gasteiger charge is 2.59. The zero-order valence-corrected chi connectivity index (χ0v) is 19.2. The van der Waals surface area contributed by atoms with Crippen LogP contribution >= 0.6 is 0 Å². The first-order chi connectivity index (χ1) is 16.5. The van der Waals surface area contributed by atoms with Gasteiger partial charge in [0, 0.05) is 23.3 Å². The molecule has 0 spiro atoms. The third kappa shape index (κ3) is 2.97. The highest BCUT2D eigenvalue weighted by molar-refractivity contribution is 6.07. The molecule has 4 bridgehead atoms. The molecule has 0 unspecified atom stereocenters. The van der Waals surface area contributed by atoms with Crippen LogP contribution in [0.1, 0.15) is 44.9 Å². The zero-order chi connectivity index (χ0) is 22.9. The van der Waals surface area contributed by atoms with Crippen molar-refractivity contribution < 1.29 is 13.9 Å². The molecule has 4 fully saturated rings. The van der Waals surface area contributed by atoms with Crippen molar-refractivity contribution in [2.24, 2.45) is 17.3 Å². The summed E-state index contributed by atoms with van der Waals surface area (Å²) < 4.78 is 11.7. The van der Waals surface area contributed by atoms with E-state index in [1.54, 1.807) is 7.11 Å². The van der Waals surface area contributed by atoms with Crippen molar-refractivity contribution in [2.75, 3.05) is 12.4 Å². The van der Waals surface area contributed by atoms with E-state index in [2.05, 4.69) is 20.7 Å². The number of hydrogen-bond acceptors (Lipinski definition) is 6. The van der Waals surface area contributed by atoms with Crippen molar-refractivity contribution in [1.82, 2.24) is 20.2 Å². The molecule has 1 N–H and O–H groups in total. The smallest absolute Gasteiger partial charge is 0.225 e. The Morgan fingerprint density at radius 2 is 1.97 bits per heavy atom. The Balaban J connectivity index is 1.18. The number of fused-ring (bicyclic) bond motifs is 3.